The lowest BCUT2D eigenvalue weighted by atomic mass is 10.1. The maximum Gasteiger partial charge on any atom is 0.0717 e. The minimum Gasteiger partial charge on any atom is -0.327 e. The Balaban J connectivity index is 2.44. The summed E-state index contributed by atoms with van der Waals surface area (Å²) in [5.41, 5.74) is 8.80. The van der Waals surface area contributed by atoms with Gasteiger partial charge in [-0.3, -0.25) is 0 Å². The molecule has 2 aromatic rings. The summed E-state index contributed by atoms with van der Waals surface area (Å²) < 4.78 is 1.88. The lowest BCUT2D eigenvalue weighted by Crippen LogP contribution is -1.97. The predicted molar refractivity (Wildman–Crippen MR) is 66.4 cm³/mol. The lowest BCUT2D eigenvalue weighted by molar-refractivity contribution is 0.878. The van der Waals surface area contributed by atoms with E-state index < -0.39 is 0 Å². The van der Waals surface area contributed by atoms with Crippen molar-refractivity contribution in [1.82, 2.24) is 9.78 Å². The monoisotopic (exact) mass is 213 g/mol. The molecule has 82 valence electrons. The summed E-state index contributed by atoms with van der Waals surface area (Å²) in [4.78, 5) is 0. The number of benzene rings is 1. The molecule has 0 aliphatic rings. The third-order valence-corrected chi connectivity index (χ3v) is 2.33. The summed E-state index contributed by atoms with van der Waals surface area (Å²) in [7, 11) is 0. The van der Waals surface area contributed by atoms with Crippen LogP contribution in [0.5, 0.6) is 0 Å². The van der Waals surface area contributed by atoms with Crippen molar-refractivity contribution >= 4 is 6.08 Å². The maximum absolute atomic E-state index is 5.46. The van der Waals surface area contributed by atoms with E-state index in [4.69, 9.17) is 5.73 Å². The van der Waals surface area contributed by atoms with Gasteiger partial charge in [0.1, 0.15) is 0 Å². The summed E-state index contributed by atoms with van der Waals surface area (Å²) in [6.07, 6.45) is 7.82. The van der Waals surface area contributed by atoms with Crippen LogP contribution < -0.4 is 5.73 Å². The maximum atomic E-state index is 5.46. The van der Waals surface area contributed by atoms with Crippen LogP contribution in [0.2, 0.25) is 0 Å². The van der Waals surface area contributed by atoms with Crippen LogP contribution in [0.15, 0.2) is 42.7 Å². The first kappa shape index (κ1) is 10.6. The van der Waals surface area contributed by atoms with Crippen LogP contribution in [0, 0.1) is 6.92 Å². The molecular weight excluding hydrogens is 198 g/mol. The van der Waals surface area contributed by atoms with Gasteiger partial charge in [-0.05, 0) is 24.1 Å². The van der Waals surface area contributed by atoms with Crippen molar-refractivity contribution in [1.29, 1.82) is 0 Å². The summed E-state index contributed by atoms with van der Waals surface area (Å²) >= 11 is 0. The average Bonchev–Trinajstić information content (AvgIpc) is 2.73. The van der Waals surface area contributed by atoms with Crippen molar-refractivity contribution in [3.05, 3.63) is 53.9 Å². The van der Waals surface area contributed by atoms with E-state index in [9.17, 15) is 0 Å². The summed E-state index contributed by atoms with van der Waals surface area (Å²) in [6.45, 7) is 2.58. The van der Waals surface area contributed by atoms with Gasteiger partial charge in [0.05, 0.1) is 11.9 Å². The molecule has 1 aromatic carbocycles. The molecule has 0 atom stereocenters. The SMILES string of the molecule is Cc1cnn(-c2ccccc2/C=C/CN)c1. The van der Waals surface area contributed by atoms with Crippen LogP contribution in [0.3, 0.4) is 0 Å². The zero-order valence-corrected chi connectivity index (χ0v) is 9.30. The molecule has 0 amide bonds. The van der Waals surface area contributed by atoms with Crippen molar-refractivity contribution in [2.45, 2.75) is 6.92 Å². The number of hydrogen-bond donors (Lipinski definition) is 1. The molecule has 0 aliphatic heterocycles. The van der Waals surface area contributed by atoms with Crippen molar-refractivity contribution < 1.29 is 0 Å². The zero-order chi connectivity index (χ0) is 11.4. The molecule has 0 spiro atoms. The Kier molecular flexibility index (Phi) is 3.17. The molecule has 2 N–H and O–H groups in total. The van der Waals surface area contributed by atoms with Gasteiger partial charge in [-0.2, -0.15) is 5.10 Å². The minimum atomic E-state index is 0.548. The lowest BCUT2D eigenvalue weighted by Gasteiger charge is -2.05. The average molecular weight is 213 g/mol. The van der Waals surface area contributed by atoms with Gasteiger partial charge in [-0.15, -0.1) is 0 Å². The Morgan fingerprint density at radius 3 is 2.88 bits per heavy atom. The first-order valence-electron chi connectivity index (χ1n) is 5.28. The molecule has 16 heavy (non-hydrogen) atoms. The Hall–Kier alpha value is -1.87. The van der Waals surface area contributed by atoms with Gasteiger partial charge in [0.25, 0.3) is 0 Å². The Morgan fingerprint density at radius 2 is 2.19 bits per heavy atom. The topological polar surface area (TPSA) is 43.8 Å². The van der Waals surface area contributed by atoms with E-state index in [0.29, 0.717) is 6.54 Å². The highest BCUT2D eigenvalue weighted by Gasteiger charge is 2.01. The van der Waals surface area contributed by atoms with Gasteiger partial charge >= 0.3 is 0 Å². The quantitative estimate of drug-likeness (QED) is 0.849. The van der Waals surface area contributed by atoms with Crippen molar-refractivity contribution in [3.8, 4) is 5.69 Å². The minimum absolute atomic E-state index is 0.548. The molecule has 0 bridgehead atoms. The van der Waals surface area contributed by atoms with Crippen LogP contribution >= 0.6 is 0 Å². The molecule has 1 heterocycles. The highest BCUT2D eigenvalue weighted by Crippen LogP contribution is 2.15. The second-order valence-electron chi connectivity index (χ2n) is 3.66. The van der Waals surface area contributed by atoms with E-state index in [2.05, 4.69) is 11.2 Å². The molecule has 0 radical (unpaired) electrons. The smallest absolute Gasteiger partial charge is 0.0717 e. The van der Waals surface area contributed by atoms with Gasteiger partial charge in [0.15, 0.2) is 0 Å². The van der Waals surface area contributed by atoms with Gasteiger partial charge in [-0.1, -0.05) is 30.4 Å². The van der Waals surface area contributed by atoms with Crippen LogP contribution in [0.4, 0.5) is 0 Å². The highest BCUT2D eigenvalue weighted by atomic mass is 15.3. The Bertz CT molecular complexity index is 497. The number of nitrogens with two attached hydrogens (primary N) is 1. The molecular formula is C13H15N3. The van der Waals surface area contributed by atoms with E-state index in [0.717, 1.165) is 16.8 Å². The highest BCUT2D eigenvalue weighted by molar-refractivity contribution is 5.60. The molecule has 0 saturated carbocycles. The van der Waals surface area contributed by atoms with E-state index in [-0.39, 0.29) is 0 Å². The molecule has 0 aliphatic carbocycles. The van der Waals surface area contributed by atoms with E-state index >= 15 is 0 Å². The van der Waals surface area contributed by atoms with Crippen LogP contribution in [0.25, 0.3) is 11.8 Å². The van der Waals surface area contributed by atoms with Crippen molar-refractivity contribution in [2.24, 2.45) is 5.73 Å². The van der Waals surface area contributed by atoms with Crippen molar-refractivity contribution in [3.63, 3.8) is 0 Å². The summed E-state index contributed by atoms with van der Waals surface area (Å²) in [5, 5.41) is 4.31. The molecule has 2 rings (SSSR count). The van der Waals surface area contributed by atoms with Crippen LogP contribution in [-0.4, -0.2) is 16.3 Å². The summed E-state index contributed by atoms with van der Waals surface area (Å²) in [5.74, 6) is 0. The zero-order valence-electron chi connectivity index (χ0n) is 9.30. The fourth-order valence-corrected chi connectivity index (χ4v) is 1.58. The molecule has 3 nitrogen and oxygen atoms in total. The standard InChI is InChI=1S/C13H15N3/c1-11-9-15-16(10-11)13-7-3-2-5-12(13)6-4-8-14/h2-7,9-10H,8,14H2,1H3/b6-4+. The van der Waals surface area contributed by atoms with Gasteiger partial charge < -0.3 is 5.73 Å². The second-order valence-corrected chi connectivity index (χ2v) is 3.66. The molecule has 0 fully saturated rings. The van der Waals surface area contributed by atoms with Gasteiger partial charge in [0, 0.05) is 12.7 Å². The number of aryl methyl sites for hydroxylation is 1. The number of aromatic nitrogens is 2. The molecule has 0 unspecified atom stereocenters. The largest absolute Gasteiger partial charge is 0.327 e. The van der Waals surface area contributed by atoms with E-state index in [1.165, 1.54) is 0 Å². The normalized spacial score (nSPS) is 11.1. The van der Waals surface area contributed by atoms with Crippen LogP contribution in [-0.2, 0) is 0 Å². The van der Waals surface area contributed by atoms with Crippen molar-refractivity contribution in [2.75, 3.05) is 6.54 Å². The Morgan fingerprint density at radius 1 is 1.38 bits per heavy atom. The third kappa shape index (κ3) is 2.20. The van der Waals surface area contributed by atoms with Crippen LogP contribution in [0.1, 0.15) is 11.1 Å². The van der Waals surface area contributed by atoms with E-state index in [1.54, 1.807) is 0 Å². The molecule has 0 saturated heterocycles. The second kappa shape index (κ2) is 4.77. The number of nitrogens with zero attached hydrogens (tertiary/aromatic N) is 2. The molecule has 1 aromatic heterocycles. The van der Waals surface area contributed by atoms with Gasteiger partial charge in [0.2, 0.25) is 0 Å². The fourth-order valence-electron chi connectivity index (χ4n) is 1.58. The number of para-hydroxylation sites is 1. The van der Waals surface area contributed by atoms with Gasteiger partial charge in [-0.25, -0.2) is 4.68 Å². The predicted octanol–water partition coefficient (Wildman–Crippen LogP) is 2.15. The summed E-state index contributed by atoms with van der Waals surface area (Å²) in [6, 6.07) is 8.11. The number of rotatable bonds is 3. The molecule has 3 heteroatoms. The Labute approximate surface area is 95.2 Å². The number of hydrogen-bond acceptors (Lipinski definition) is 2. The van der Waals surface area contributed by atoms with E-state index in [1.807, 2.05) is 54.4 Å². The third-order valence-electron chi connectivity index (χ3n) is 2.33. The first-order chi connectivity index (χ1) is 7.81. The fraction of sp³-hybridized carbons (Fsp3) is 0.154. The first-order valence-corrected chi connectivity index (χ1v) is 5.28.